The third kappa shape index (κ3) is 6.92. The molecule has 1 atom stereocenters. The fourth-order valence-electron chi connectivity index (χ4n) is 5.54. The van der Waals surface area contributed by atoms with Crippen molar-refractivity contribution in [2.24, 2.45) is 0 Å². The fourth-order valence-corrected chi connectivity index (χ4v) is 6.69. The van der Waals surface area contributed by atoms with E-state index in [2.05, 4.69) is 15.3 Å². The zero-order valence-electron chi connectivity index (χ0n) is 25.6. The average molecular weight is 660 g/mol. The first-order chi connectivity index (χ1) is 22.6. The van der Waals surface area contributed by atoms with E-state index in [-0.39, 0.29) is 18.0 Å². The second-order valence-electron chi connectivity index (χ2n) is 11.1. The van der Waals surface area contributed by atoms with Crippen LogP contribution in [0.3, 0.4) is 0 Å². The predicted octanol–water partition coefficient (Wildman–Crippen LogP) is 8.20. The molecule has 0 saturated carbocycles. The van der Waals surface area contributed by atoms with Gasteiger partial charge < -0.3 is 24.7 Å². The molecular formula is C35H32F3N5O3S. The lowest BCUT2D eigenvalue weighted by Gasteiger charge is -2.39. The first kappa shape index (κ1) is 32.0. The van der Waals surface area contributed by atoms with Crippen molar-refractivity contribution in [2.45, 2.75) is 30.3 Å². The Bertz CT molecular complexity index is 1910. The summed E-state index contributed by atoms with van der Waals surface area (Å²) in [5, 5.41) is 13.5. The molecule has 3 heterocycles. The lowest BCUT2D eigenvalue weighted by molar-refractivity contribution is -0.137. The summed E-state index contributed by atoms with van der Waals surface area (Å²) in [6.07, 6.45) is -0.157. The summed E-state index contributed by atoms with van der Waals surface area (Å²) in [5.41, 5.74) is 4.26. The Hall–Kier alpha value is -4.97. The zero-order valence-corrected chi connectivity index (χ0v) is 26.5. The molecule has 0 amide bonds. The lowest BCUT2D eigenvalue weighted by atomic mass is 10.1. The highest BCUT2D eigenvalue weighted by molar-refractivity contribution is 7.99. The number of aromatic amines is 1. The number of hydrogen-bond acceptors (Lipinski definition) is 7. The highest BCUT2D eigenvalue weighted by atomic mass is 32.2. The molecule has 1 unspecified atom stereocenters. The van der Waals surface area contributed by atoms with Crippen LogP contribution in [0.5, 0.6) is 11.5 Å². The number of rotatable bonds is 11. The van der Waals surface area contributed by atoms with Crippen LogP contribution in [-0.4, -0.2) is 52.7 Å². The smallest absolute Gasteiger partial charge is 0.416 e. The van der Waals surface area contributed by atoms with Crippen molar-refractivity contribution in [1.82, 2.24) is 14.9 Å². The van der Waals surface area contributed by atoms with Crippen LogP contribution in [0.25, 0.3) is 22.0 Å². The molecule has 47 heavy (non-hydrogen) atoms. The molecule has 0 bridgehead atoms. The number of pyridine rings is 1. The van der Waals surface area contributed by atoms with Crippen molar-refractivity contribution in [3.05, 3.63) is 108 Å². The number of carbonyl (C=O) groups is 1. The number of ether oxygens (including phenoxy) is 2. The fraction of sp³-hybridized carbons (Fsp3) is 0.229. The molecule has 8 nitrogen and oxygen atoms in total. The highest BCUT2D eigenvalue weighted by Crippen LogP contribution is 2.39. The molecule has 0 spiro atoms. The molecule has 12 heteroatoms. The van der Waals surface area contributed by atoms with Gasteiger partial charge in [0.15, 0.2) is 17.3 Å². The molecule has 3 N–H and O–H groups in total. The van der Waals surface area contributed by atoms with Crippen LogP contribution in [0.2, 0.25) is 0 Å². The van der Waals surface area contributed by atoms with Crippen LogP contribution in [0.15, 0.2) is 85.2 Å². The van der Waals surface area contributed by atoms with Crippen LogP contribution in [0, 0.1) is 5.41 Å². The van der Waals surface area contributed by atoms with Crippen molar-refractivity contribution in [2.75, 3.05) is 26.1 Å². The van der Waals surface area contributed by atoms with E-state index in [4.69, 9.17) is 14.9 Å². The Labute approximate surface area is 273 Å². The van der Waals surface area contributed by atoms with Gasteiger partial charge in [0.25, 0.3) is 0 Å². The number of nitrogens with one attached hydrogen (secondary N) is 3. The summed E-state index contributed by atoms with van der Waals surface area (Å²) in [5.74, 6) is 1.58. The minimum Gasteiger partial charge on any atom is -0.493 e. The van der Waals surface area contributed by atoms with Crippen molar-refractivity contribution in [3.8, 4) is 22.6 Å². The number of carbonyl (C=O) groups excluding carboxylic acids is 1. The Kier molecular flexibility index (Phi) is 9.12. The van der Waals surface area contributed by atoms with E-state index in [9.17, 15) is 18.0 Å². The van der Waals surface area contributed by atoms with Gasteiger partial charge in [0.05, 0.1) is 31.2 Å². The first-order valence-electron chi connectivity index (χ1n) is 14.9. The average Bonchev–Trinajstić information content (AvgIpc) is 3.52. The molecule has 0 radical (unpaired) electrons. The van der Waals surface area contributed by atoms with Gasteiger partial charge in [0.1, 0.15) is 11.3 Å². The highest BCUT2D eigenvalue weighted by Gasteiger charge is 2.32. The van der Waals surface area contributed by atoms with Crippen LogP contribution < -0.4 is 14.8 Å². The Balaban J connectivity index is 1.17. The van der Waals surface area contributed by atoms with Gasteiger partial charge in [-0.1, -0.05) is 24.3 Å². The van der Waals surface area contributed by atoms with E-state index < -0.39 is 17.2 Å². The van der Waals surface area contributed by atoms with E-state index in [1.807, 2.05) is 41.3 Å². The van der Waals surface area contributed by atoms with Gasteiger partial charge in [0, 0.05) is 59.2 Å². The number of fused-ring (bicyclic) bond motifs is 2. The van der Waals surface area contributed by atoms with Crippen LogP contribution >= 0.6 is 11.8 Å². The van der Waals surface area contributed by atoms with Crippen molar-refractivity contribution < 1.29 is 27.4 Å². The molecule has 0 saturated heterocycles. The van der Waals surface area contributed by atoms with Crippen molar-refractivity contribution in [1.29, 1.82) is 5.41 Å². The quantitative estimate of drug-likeness (QED) is 0.123. The molecule has 1 aliphatic rings. The van der Waals surface area contributed by atoms with Gasteiger partial charge in [-0.25, -0.2) is 0 Å². The minimum atomic E-state index is -4.40. The number of hydrogen-bond donors (Lipinski definition) is 3. The number of ketones is 1. The van der Waals surface area contributed by atoms with Crippen LogP contribution in [-0.2, 0) is 11.9 Å². The SMILES string of the molecule is COc1cc2c(cc1OC)C(=N)N(CCCC(=O)c1cc3cc(-c4cccnc4)ccc3[nH]1)C(SCc1ccc(C(F)(F)F)cc1)N2. The number of nitrogens with zero attached hydrogens (tertiary/aromatic N) is 2. The van der Waals surface area contributed by atoms with Gasteiger partial charge in [0.2, 0.25) is 0 Å². The Morgan fingerprint density at radius 2 is 1.77 bits per heavy atom. The molecular weight excluding hydrogens is 627 g/mol. The molecule has 0 aliphatic carbocycles. The number of alkyl halides is 3. The van der Waals surface area contributed by atoms with Gasteiger partial charge in [-0.15, -0.1) is 11.8 Å². The first-order valence-corrected chi connectivity index (χ1v) is 15.9. The second kappa shape index (κ2) is 13.4. The third-order valence-corrected chi connectivity index (χ3v) is 9.22. The summed E-state index contributed by atoms with van der Waals surface area (Å²) in [6.45, 7) is 0.390. The predicted molar refractivity (Wildman–Crippen MR) is 178 cm³/mol. The standard InChI is InChI=1S/C35H32F3N5O3S/c1-45-31-17-26-28(18-32(31)46-2)42-34(47-20-21-7-10-25(11-8-21)35(36,37)38)43(33(26)39)14-4-6-30(44)29-16-24-15-22(9-12-27(24)41-29)23-5-3-13-40-19-23/h3,5,7-13,15-19,34,39,41-42H,4,6,14,20H2,1-2H3. The molecule has 5 aromatic rings. The van der Waals surface area contributed by atoms with Crippen LogP contribution in [0.4, 0.5) is 18.9 Å². The number of thioether (sulfide) groups is 1. The van der Waals surface area contributed by atoms with Crippen LogP contribution in [0.1, 0.15) is 40.0 Å². The monoisotopic (exact) mass is 659 g/mol. The van der Waals surface area contributed by atoms with Gasteiger partial charge in [-0.2, -0.15) is 13.2 Å². The lowest BCUT2D eigenvalue weighted by Crippen LogP contribution is -2.47. The zero-order chi connectivity index (χ0) is 33.1. The molecule has 2 aromatic heterocycles. The summed E-state index contributed by atoms with van der Waals surface area (Å²) >= 11 is 1.45. The molecule has 0 fully saturated rings. The van der Waals surface area contributed by atoms with Crippen molar-refractivity contribution in [3.63, 3.8) is 0 Å². The van der Waals surface area contributed by atoms with Crippen molar-refractivity contribution >= 4 is 40.0 Å². The maximum Gasteiger partial charge on any atom is 0.416 e. The number of H-pyrrole nitrogens is 1. The molecule has 1 aliphatic heterocycles. The summed E-state index contributed by atoms with van der Waals surface area (Å²) in [7, 11) is 3.06. The minimum absolute atomic E-state index is 0.0404. The Morgan fingerprint density at radius 3 is 2.47 bits per heavy atom. The Morgan fingerprint density at radius 1 is 1.00 bits per heavy atom. The van der Waals surface area contributed by atoms with E-state index >= 15 is 0 Å². The van der Waals surface area contributed by atoms with E-state index in [0.717, 1.165) is 39.7 Å². The topological polar surface area (TPSA) is 103 Å². The number of aromatic nitrogens is 2. The molecule has 242 valence electrons. The van der Waals surface area contributed by atoms with Gasteiger partial charge in [-0.3, -0.25) is 15.2 Å². The number of amidine groups is 1. The number of methoxy groups -OCH3 is 2. The molecule has 6 rings (SSSR count). The summed E-state index contributed by atoms with van der Waals surface area (Å²) < 4.78 is 50.1. The summed E-state index contributed by atoms with van der Waals surface area (Å²) in [4.78, 5) is 22.6. The van der Waals surface area contributed by atoms with E-state index in [1.54, 1.807) is 24.5 Å². The van der Waals surface area contributed by atoms with E-state index in [0.29, 0.717) is 47.2 Å². The summed E-state index contributed by atoms with van der Waals surface area (Å²) in [6, 6.07) is 20.3. The number of halogens is 3. The molecule has 3 aromatic carbocycles. The van der Waals surface area contributed by atoms with E-state index in [1.165, 1.54) is 38.1 Å². The maximum absolute atomic E-state index is 13.3. The second-order valence-corrected chi connectivity index (χ2v) is 12.1. The number of Topliss-reactive ketones (excluding diaryl/α,β-unsaturated/α-hetero) is 1. The number of anilines is 1. The van der Waals surface area contributed by atoms with Gasteiger partial charge >= 0.3 is 6.18 Å². The largest absolute Gasteiger partial charge is 0.493 e. The number of benzene rings is 3. The third-order valence-electron chi connectivity index (χ3n) is 8.04. The maximum atomic E-state index is 13.3. The normalized spacial score (nSPS) is 14.5. The van der Waals surface area contributed by atoms with Gasteiger partial charge in [-0.05, 0) is 60.0 Å².